The fourth-order valence-electron chi connectivity index (χ4n) is 5.16. The van der Waals surface area contributed by atoms with Gasteiger partial charge in [-0.2, -0.15) is 0 Å². The van der Waals surface area contributed by atoms with E-state index in [0.717, 1.165) is 12.8 Å². The van der Waals surface area contributed by atoms with Gasteiger partial charge in [0, 0.05) is 18.3 Å². The lowest BCUT2D eigenvalue weighted by molar-refractivity contribution is -0.934. The Labute approximate surface area is 225 Å². The summed E-state index contributed by atoms with van der Waals surface area (Å²) in [6.45, 7) is 8.02. The van der Waals surface area contributed by atoms with Gasteiger partial charge in [-0.1, -0.05) is 96.6 Å². The third-order valence-electron chi connectivity index (χ3n) is 7.39. The molecular weight excluding hydrogens is 470 g/mol. The first-order chi connectivity index (χ1) is 17.5. The van der Waals surface area contributed by atoms with Gasteiger partial charge in [-0.05, 0) is 26.7 Å². The number of hydrogen-bond donors (Lipinski definition) is 2. The Hall–Kier alpha value is -1.89. The minimum absolute atomic E-state index is 0.138. The molecule has 0 rings (SSSR count). The molecule has 0 amide bonds. The number of nitrogens with zero attached hydrogens (tertiary/aromatic N) is 1. The van der Waals surface area contributed by atoms with Crippen LogP contribution in [0.1, 0.15) is 118 Å². The summed E-state index contributed by atoms with van der Waals surface area (Å²) >= 11 is 0. The molecule has 0 aliphatic rings. The van der Waals surface area contributed by atoms with Gasteiger partial charge in [0.25, 0.3) is 0 Å². The third-order valence-corrected chi connectivity index (χ3v) is 7.39. The summed E-state index contributed by atoms with van der Waals surface area (Å²) in [5.74, 6) is -5.34. The molecule has 0 heterocycles. The van der Waals surface area contributed by atoms with Crippen molar-refractivity contribution in [2.75, 3.05) is 26.2 Å². The lowest BCUT2D eigenvalue weighted by Gasteiger charge is -2.42. The van der Waals surface area contributed by atoms with E-state index in [4.69, 9.17) is 0 Å². The first-order valence-corrected chi connectivity index (χ1v) is 14.7. The highest BCUT2D eigenvalue weighted by molar-refractivity contribution is 5.70. The minimum atomic E-state index is -1.20. The molecule has 0 saturated heterocycles. The van der Waals surface area contributed by atoms with Crippen LogP contribution in [0, 0.1) is 17.8 Å². The lowest BCUT2D eigenvalue weighted by atomic mass is 10.0. The van der Waals surface area contributed by atoms with Crippen LogP contribution in [-0.4, -0.2) is 58.8 Å². The molecule has 37 heavy (non-hydrogen) atoms. The zero-order valence-electron chi connectivity index (χ0n) is 24.1. The summed E-state index contributed by atoms with van der Waals surface area (Å²) in [6.07, 6.45) is 21.6. The summed E-state index contributed by atoms with van der Waals surface area (Å²) in [4.78, 5) is 34.6. The van der Waals surface area contributed by atoms with Gasteiger partial charge in [0.15, 0.2) is 0 Å². The lowest BCUT2D eigenvalue weighted by Crippen LogP contribution is -2.58. The predicted molar refractivity (Wildman–Crippen MR) is 147 cm³/mol. The van der Waals surface area contributed by atoms with Gasteiger partial charge >= 0.3 is 11.9 Å². The predicted octanol–water partition coefficient (Wildman–Crippen LogP) is 5.67. The first-order valence-electron chi connectivity index (χ1n) is 14.7. The van der Waals surface area contributed by atoms with Crippen LogP contribution in [0.15, 0.2) is 12.2 Å². The van der Waals surface area contributed by atoms with Gasteiger partial charge in [-0.25, -0.2) is 0 Å². The van der Waals surface area contributed by atoms with Crippen molar-refractivity contribution in [3.8, 4) is 0 Å². The van der Waals surface area contributed by atoms with E-state index in [-0.39, 0.29) is 24.1 Å². The Bertz CT molecular complexity index is 607. The molecule has 0 aromatic rings. The van der Waals surface area contributed by atoms with E-state index in [9.17, 15) is 29.7 Å². The van der Waals surface area contributed by atoms with Crippen LogP contribution < -0.4 is 5.11 Å². The number of rotatable bonds is 25. The summed E-state index contributed by atoms with van der Waals surface area (Å²) in [6, 6.07) is 0. The number of carboxylic acids is 3. The highest BCUT2D eigenvalue weighted by Gasteiger charge is 2.36. The van der Waals surface area contributed by atoms with E-state index < -0.39 is 35.7 Å². The Morgan fingerprint density at radius 1 is 0.649 bits per heavy atom. The molecule has 0 spiro atoms. The molecule has 3 unspecified atom stereocenters. The van der Waals surface area contributed by atoms with E-state index in [1.54, 1.807) is 20.8 Å². The van der Waals surface area contributed by atoms with Crippen LogP contribution in [0.2, 0.25) is 0 Å². The Morgan fingerprint density at radius 2 is 1.03 bits per heavy atom. The van der Waals surface area contributed by atoms with Gasteiger partial charge in [0.05, 0.1) is 26.2 Å². The van der Waals surface area contributed by atoms with Gasteiger partial charge < -0.3 is 24.6 Å². The van der Waals surface area contributed by atoms with Crippen LogP contribution >= 0.6 is 0 Å². The van der Waals surface area contributed by atoms with Crippen molar-refractivity contribution in [1.29, 1.82) is 0 Å². The van der Waals surface area contributed by atoms with E-state index in [0.29, 0.717) is 13.0 Å². The zero-order chi connectivity index (χ0) is 28.1. The maximum Gasteiger partial charge on any atom is 0.311 e. The van der Waals surface area contributed by atoms with E-state index in [1.807, 2.05) is 0 Å². The molecule has 3 atom stereocenters. The van der Waals surface area contributed by atoms with E-state index >= 15 is 0 Å². The quantitative estimate of drug-likeness (QED) is 0.0902. The number of quaternary nitrogens is 1. The molecular formula is C30H55NO6. The number of allylic oxidation sites excluding steroid dienone is 1. The SMILES string of the molecule is CCCCCCCCCCCCCC/C=C/CC[N+](CC(C)C(=O)[O-])(CC(C)C(=O)O)CC(C)C(=O)O. The van der Waals surface area contributed by atoms with E-state index in [2.05, 4.69) is 19.1 Å². The summed E-state index contributed by atoms with van der Waals surface area (Å²) < 4.78 is 0.138. The van der Waals surface area contributed by atoms with Crippen LogP contribution in [0.5, 0.6) is 0 Å². The number of hydrogen-bond acceptors (Lipinski definition) is 4. The van der Waals surface area contributed by atoms with Crippen LogP contribution in [0.3, 0.4) is 0 Å². The minimum Gasteiger partial charge on any atom is -0.550 e. The normalized spacial score (nSPS) is 15.8. The van der Waals surface area contributed by atoms with E-state index in [1.165, 1.54) is 70.6 Å². The second kappa shape index (κ2) is 21.1. The number of carboxylic acid groups (broad SMARTS) is 3. The molecule has 0 aromatic heterocycles. The highest BCUT2D eigenvalue weighted by atomic mass is 16.4. The molecule has 0 aromatic carbocycles. The van der Waals surface area contributed by atoms with Crippen molar-refractivity contribution in [1.82, 2.24) is 0 Å². The smallest absolute Gasteiger partial charge is 0.311 e. The van der Waals surface area contributed by atoms with Gasteiger partial charge in [0.2, 0.25) is 0 Å². The standard InChI is InChI=1S/C30H55NO6/c1-5-6-7-8-9-10-11-12-13-14-15-16-17-18-19-20-21-31(22-25(2)28(32)33,23-26(3)29(34)35)24-27(4)30(36)37/h18-19,25-27H,5-17,20-24H2,1-4H3,(H2-,32,33,34,35,36,37)/b19-18+. The van der Waals surface area contributed by atoms with Crippen molar-refractivity contribution in [3.63, 3.8) is 0 Å². The molecule has 0 radical (unpaired) electrons. The maximum atomic E-state index is 11.6. The van der Waals surface area contributed by atoms with Crippen LogP contribution in [0.25, 0.3) is 0 Å². The fourth-order valence-corrected chi connectivity index (χ4v) is 5.16. The molecule has 7 nitrogen and oxygen atoms in total. The molecule has 2 N–H and O–H groups in total. The van der Waals surface area contributed by atoms with Crippen LogP contribution in [0.4, 0.5) is 0 Å². The Balaban J connectivity index is 4.59. The van der Waals surface area contributed by atoms with Gasteiger partial charge in [0.1, 0.15) is 11.8 Å². The second-order valence-electron chi connectivity index (χ2n) is 11.2. The second-order valence-corrected chi connectivity index (χ2v) is 11.2. The van der Waals surface area contributed by atoms with Crippen molar-refractivity contribution >= 4 is 17.9 Å². The molecule has 0 bridgehead atoms. The molecule has 0 fully saturated rings. The van der Waals surface area contributed by atoms with Crippen molar-refractivity contribution in [3.05, 3.63) is 12.2 Å². The van der Waals surface area contributed by atoms with Gasteiger partial charge in [-0.15, -0.1) is 0 Å². The monoisotopic (exact) mass is 525 g/mol. The largest absolute Gasteiger partial charge is 0.550 e. The highest BCUT2D eigenvalue weighted by Crippen LogP contribution is 2.21. The van der Waals surface area contributed by atoms with Crippen molar-refractivity contribution in [2.24, 2.45) is 17.8 Å². The average Bonchev–Trinajstić information content (AvgIpc) is 2.83. The summed E-state index contributed by atoms with van der Waals surface area (Å²) in [5.41, 5.74) is 0. The average molecular weight is 526 g/mol. The number of carbonyl (C=O) groups is 3. The summed E-state index contributed by atoms with van der Waals surface area (Å²) in [7, 11) is 0. The molecule has 0 saturated carbocycles. The Kier molecular flexibility index (Phi) is 20.0. The topological polar surface area (TPSA) is 115 Å². The number of aliphatic carboxylic acids is 3. The van der Waals surface area contributed by atoms with Crippen molar-refractivity contribution in [2.45, 2.75) is 118 Å². The molecule has 0 aliphatic carbocycles. The molecule has 0 aliphatic heterocycles. The molecule has 216 valence electrons. The van der Waals surface area contributed by atoms with Crippen molar-refractivity contribution < 1.29 is 34.2 Å². The zero-order valence-corrected chi connectivity index (χ0v) is 24.1. The number of unbranched alkanes of at least 4 members (excludes halogenated alkanes) is 12. The van der Waals surface area contributed by atoms with Crippen LogP contribution in [-0.2, 0) is 14.4 Å². The third kappa shape index (κ3) is 18.1. The summed E-state index contributed by atoms with van der Waals surface area (Å²) in [5, 5.41) is 30.4. The Morgan fingerprint density at radius 3 is 1.43 bits per heavy atom. The van der Waals surface area contributed by atoms with Gasteiger partial charge in [-0.3, -0.25) is 9.59 Å². The first kappa shape index (κ1) is 35.1. The molecule has 7 heteroatoms. The fraction of sp³-hybridized carbons (Fsp3) is 0.833. The number of carbonyl (C=O) groups excluding carboxylic acids is 1. The maximum absolute atomic E-state index is 11.6.